The fourth-order valence-electron chi connectivity index (χ4n) is 3.38. The summed E-state index contributed by atoms with van der Waals surface area (Å²) >= 11 is 0. The van der Waals surface area contributed by atoms with Gasteiger partial charge in [0.1, 0.15) is 5.78 Å². The summed E-state index contributed by atoms with van der Waals surface area (Å²) in [4.78, 5) is 2.26. The highest BCUT2D eigenvalue weighted by atomic mass is 31.2. The predicted octanol–water partition coefficient (Wildman–Crippen LogP) is 4.94. The molecule has 122 valence electrons. The zero-order valence-electron chi connectivity index (χ0n) is 14.2. The Morgan fingerprint density at radius 3 is 2.26 bits per heavy atom. The molecule has 0 fully saturated rings. The predicted molar refractivity (Wildman–Crippen MR) is 96.7 cm³/mol. The van der Waals surface area contributed by atoms with Gasteiger partial charge in [0.05, 0.1) is 17.6 Å². The molecule has 0 spiro atoms. The molecule has 0 aliphatic carbocycles. The molecule has 23 heavy (non-hydrogen) atoms. The Balaban J connectivity index is 2.27. The monoisotopic (exact) mass is 329 g/mol. The van der Waals surface area contributed by atoms with Crippen LogP contribution >= 0.6 is 7.37 Å². The van der Waals surface area contributed by atoms with Crippen molar-refractivity contribution in [3.63, 3.8) is 0 Å². The first-order valence-corrected chi connectivity index (χ1v) is 9.77. The normalized spacial score (nSPS) is 23.8. The first-order chi connectivity index (χ1) is 10.9. The van der Waals surface area contributed by atoms with Crippen molar-refractivity contribution in [2.45, 2.75) is 39.0 Å². The maximum Gasteiger partial charge on any atom is 0.260 e. The van der Waals surface area contributed by atoms with E-state index in [0.29, 0.717) is 6.61 Å². The molecular weight excluding hydrogens is 305 g/mol. The molecule has 0 saturated heterocycles. The molecule has 2 atom stereocenters. The molecule has 3 rings (SSSR count). The lowest BCUT2D eigenvalue weighted by atomic mass is 10.0. The first-order valence-electron chi connectivity index (χ1n) is 8.07. The van der Waals surface area contributed by atoms with E-state index in [4.69, 9.17) is 4.52 Å². The summed E-state index contributed by atoms with van der Waals surface area (Å²) in [5.41, 5.74) is 1.89. The molecule has 0 amide bonds. The van der Waals surface area contributed by atoms with Gasteiger partial charge in [0, 0.05) is 5.54 Å². The Hall–Kier alpha value is -1.57. The Morgan fingerprint density at radius 1 is 1.04 bits per heavy atom. The Kier molecular flexibility index (Phi) is 4.12. The van der Waals surface area contributed by atoms with Crippen molar-refractivity contribution in [1.29, 1.82) is 0 Å². The number of anilines is 1. The molecule has 2 aromatic carbocycles. The smallest absolute Gasteiger partial charge is 0.260 e. The van der Waals surface area contributed by atoms with Crippen molar-refractivity contribution < 1.29 is 9.09 Å². The summed E-state index contributed by atoms with van der Waals surface area (Å²) in [6.07, 6.45) is 0. The molecular formula is C19H24NO2P. The fourth-order valence-corrected chi connectivity index (χ4v) is 6.44. The number of fused-ring (bicyclic) bond motifs is 1. The zero-order valence-corrected chi connectivity index (χ0v) is 15.1. The molecule has 3 nitrogen and oxygen atoms in total. The molecule has 1 aliphatic rings. The van der Waals surface area contributed by atoms with Crippen molar-refractivity contribution >= 4 is 18.4 Å². The molecule has 2 unspecified atom stereocenters. The Morgan fingerprint density at radius 2 is 1.65 bits per heavy atom. The van der Waals surface area contributed by atoms with Gasteiger partial charge in [-0.1, -0.05) is 42.5 Å². The van der Waals surface area contributed by atoms with Crippen LogP contribution in [-0.2, 0) is 9.09 Å². The molecule has 1 heterocycles. The van der Waals surface area contributed by atoms with Crippen LogP contribution in [0.25, 0.3) is 0 Å². The molecule has 0 saturated carbocycles. The molecule has 1 aliphatic heterocycles. The lowest BCUT2D eigenvalue weighted by Gasteiger charge is -2.40. The minimum Gasteiger partial charge on any atom is -0.350 e. The SMILES string of the molecule is CCOP1(=O)c2ccccc2N(C(C)(C)C)C1c1ccccc1. The number of hydrogen-bond acceptors (Lipinski definition) is 3. The Labute approximate surface area is 138 Å². The highest BCUT2D eigenvalue weighted by molar-refractivity contribution is 7.68. The van der Waals surface area contributed by atoms with Gasteiger partial charge >= 0.3 is 0 Å². The van der Waals surface area contributed by atoms with E-state index in [1.807, 2.05) is 55.5 Å². The average molecular weight is 329 g/mol. The van der Waals surface area contributed by atoms with Gasteiger partial charge in [0.25, 0.3) is 7.37 Å². The summed E-state index contributed by atoms with van der Waals surface area (Å²) in [6, 6.07) is 18.0. The van der Waals surface area contributed by atoms with Crippen LogP contribution in [0.2, 0.25) is 0 Å². The molecule has 2 aromatic rings. The van der Waals surface area contributed by atoms with Crippen LogP contribution in [0.3, 0.4) is 0 Å². The zero-order chi connectivity index (χ0) is 16.7. The van der Waals surface area contributed by atoms with E-state index in [2.05, 4.69) is 31.7 Å². The van der Waals surface area contributed by atoms with Crippen molar-refractivity contribution in [1.82, 2.24) is 0 Å². The third-order valence-electron chi connectivity index (χ3n) is 4.18. The lowest BCUT2D eigenvalue weighted by Crippen LogP contribution is -2.41. The van der Waals surface area contributed by atoms with Crippen LogP contribution < -0.4 is 10.2 Å². The van der Waals surface area contributed by atoms with E-state index in [0.717, 1.165) is 16.6 Å². The number of benzene rings is 2. The van der Waals surface area contributed by atoms with Gasteiger partial charge in [-0.05, 0) is 45.4 Å². The van der Waals surface area contributed by atoms with Gasteiger partial charge in [-0.25, -0.2) is 0 Å². The number of hydrogen-bond donors (Lipinski definition) is 0. The number of rotatable bonds is 3. The molecule has 0 radical (unpaired) electrons. The largest absolute Gasteiger partial charge is 0.350 e. The van der Waals surface area contributed by atoms with E-state index in [1.165, 1.54) is 0 Å². The van der Waals surface area contributed by atoms with Gasteiger partial charge in [-0.3, -0.25) is 4.57 Å². The van der Waals surface area contributed by atoms with E-state index >= 15 is 0 Å². The van der Waals surface area contributed by atoms with Crippen LogP contribution in [0.15, 0.2) is 54.6 Å². The second kappa shape index (κ2) is 5.81. The second-order valence-electron chi connectivity index (χ2n) is 6.83. The van der Waals surface area contributed by atoms with Crippen LogP contribution in [0, 0.1) is 0 Å². The van der Waals surface area contributed by atoms with Crippen LogP contribution in [-0.4, -0.2) is 12.1 Å². The van der Waals surface area contributed by atoms with Crippen molar-refractivity contribution in [3.05, 3.63) is 60.2 Å². The average Bonchev–Trinajstić information content (AvgIpc) is 2.78. The van der Waals surface area contributed by atoms with Gasteiger partial charge in [-0.15, -0.1) is 0 Å². The molecule has 4 heteroatoms. The van der Waals surface area contributed by atoms with Gasteiger partial charge in [0.15, 0.2) is 0 Å². The fraction of sp³-hybridized carbons (Fsp3) is 0.368. The van der Waals surface area contributed by atoms with E-state index in [9.17, 15) is 4.57 Å². The molecule has 0 bridgehead atoms. The number of para-hydroxylation sites is 1. The summed E-state index contributed by atoms with van der Waals surface area (Å²) in [5.74, 6) is -0.277. The van der Waals surface area contributed by atoms with Crippen LogP contribution in [0.4, 0.5) is 5.69 Å². The minimum atomic E-state index is -3.02. The summed E-state index contributed by atoms with van der Waals surface area (Å²) < 4.78 is 19.9. The van der Waals surface area contributed by atoms with Crippen LogP contribution in [0.1, 0.15) is 39.0 Å². The molecule has 0 N–H and O–H groups in total. The molecule has 0 aromatic heterocycles. The van der Waals surface area contributed by atoms with Crippen molar-refractivity contribution in [3.8, 4) is 0 Å². The Bertz CT molecular complexity index is 737. The standard InChI is InChI=1S/C19H24NO2P/c1-5-22-23(21)17-14-10-9-13-16(17)20(19(2,3)4)18(23)15-11-7-6-8-12-15/h6-14,18H,5H2,1-4H3. The third-order valence-corrected chi connectivity index (χ3v) is 7.05. The van der Waals surface area contributed by atoms with Crippen LogP contribution in [0.5, 0.6) is 0 Å². The summed E-state index contributed by atoms with van der Waals surface area (Å²) in [7, 11) is -3.02. The van der Waals surface area contributed by atoms with E-state index < -0.39 is 7.37 Å². The summed E-state index contributed by atoms with van der Waals surface area (Å²) in [6.45, 7) is 8.81. The number of nitrogens with zero attached hydrogens (tertiary/aromatic N) is 1. The summed E-state index contributed by atoms with van der Waals surface area (Å²) in [5, 5.41) is 0.839. The highest BCUT2D eigenvalue weighted by Gasteiger charge is 2.52. The van der Waals surface area contributed by atoms with Gasteiger partial charge in [-0.2, -0.15) is 0 Å². The maximum atomic E-state index is 14.0. The maximum absolute atomic E-state index is 14.0. The van der Waals surface area contributed by atoms with E-state index in [-0.39, 0.29) is 11.3 Å². The van der Waals surface area contributed by atoms with Crippen molar-refractivity contribution in [2.75, 3.05) is 11.5 Å². The highest BCUT2D eigenvalue weighted by Crippen LogP contribution is 2.68. The van der Waals surface area contributed by atoms with Gasteiger partial charge in [0.2, 0.25) is 0 Å². The first kappa shape index (κ1) is 16.3. The van der Waals surface area contributed by atoms with Crippen molar-refractivity contribution in [2.24, 2.45) is 0 Å². The topological polar surface area (TPSA) is 29.5 Å². The minimum absolute atomic E-state index is 0.167. The van der Waals surface area contributed by atoms with Gasteiger partial charge < -0.3 is 9.42 Å². The lowest BCUT2D eigenvalue weighted by molar-refractivity contribution is 0.330. The third kappa shape index (κ3) is 2.62. The second-order valence-corrected chi connectivity index (χ2v) is 9.25. The van der Waals surface area contributed by atoms with E-state index in [1.54, 1.807) is 0 Å². The quantitative estimate of drug-likeness (QED) is 0.747.